The molecule has 1 aliphatic rings. The van der Waals surface area contributed by atoms with Crippen LogP contribution in [0.5, 0.6) is 0 Å². The number of benzene rings is 1. The van der Waals surface area contributed by atoms with E-state index in [9.17, 15) is 0 Å². The fourth-order valence-electron chi connectivity index (χ4n) is 3.08. The zero-order chi connectivity index (χ0) is 14.4. The Morgan fingerprint density at radius 1 is 1.15 bits per heavy atom. The van der Waals surface area contributed by atoms with Crippen molar-refractivity contribution in [3.63, 3.8) is 0 Å². The molecule has 1 heterocycles. The molecule has 1 aromatic rings. The lowest BCUT2D eigenvalue weighted by molar-refractivity contribution is 0.246. The molecule has 1 fully saturated rings. The van der Waals surface area contributed by atoms with E-state index in [1.165, 1.54) is 37.9 Å². The minimum absolute atomic E-state index is 0.302. The van der Waals surface area contributed by atoms with Gasteiger partial charge in [0.15, 0.2) is 0 Å². The van der Waals surface area contributed by atoms with Crippen LogP contribution in [0, 0.1) is 5.41 Å². The van der Waals surface area contributed by atoms with Crippen LogP contribution in [-0.2, 0) is 6.42 Å². The summed E-state index contributed by atoms with van der Waals surface area (Å²) < 4.78 is 0. The average Bonchev–Trinajstić information content (AvgIpc) is 2.59. The van der Waals surface area contributed by atoms with Crippen molar-refractivity contribution in [1.29, 1.82) is 0 Å². The normalized spacial score (nSPS) is 21.4. The van der Waals surface area contributed by atoms with Crippen LogP contribution in [0.4, 0.5) is 0 Å². The quantitative estimate of drug-likeness (QED) is 0.891. The molecule has 0 radical (unpaired) electrons. The maximum absolute atomic E-state index is 6.33. The summed E-state index contributed by atoms with van der Waals surface area (Å²) in [6, 6.07) is 11.0. The van der Waals surface area contributed by atoms with Crippen molar-refractivity contribution in [3.05, 3.63) is 35.9 Å². The molecule has 2 N–H and O–H groups in total. The highest BCUT2D eigenvalue weighted by Crippen LogP contribution is 2.29. The number of nitrogens with zero attached hydrogens (tertiary/aromatic N) is 1. The second-order valence-electron chi connectivity index (χ2n) is 7.10. The van der Waals surface area contributed by atoms with Gasteiger partial charge < -0.3 is 10.6 Å². The van der Waals surface area contributed by atoms with Gasteiger partial charge in [-0.25, -0.2) is 0 Å². The Balaban J connectivity index is 1.73. The highest BCUT2D eigenvalue weighted by atomic mass is 15.1. The second kappa shape index (κ2) is 7.24. The fraction of sp³-hybridized carbons (Fsp3) is 0.667. The number of nitrogens with two attached hydrogens (primary N) is 1. The van der Waals surface area contributed by atoms with Crippen molar-refractivity contribution in [2.24, 2.45) is 11.1 Å². The summed E-state index contributed by atoms with van der Waals surface area (Å²) in [7, 11) is 0. The SMILES string of the molecule is CC1(C)CCCN(CC(N)CCc2ccccc2)CC1. The van der Waals surface area contributed by atoms with Crippen LogP contribution in [0.3, 0.4) is 0 Å². The van der Waals surface area contributed by atoms with Crippen LogP contribution in [0.25, 0.3) is 0 Å². The smallest absolute Gasteiger partial charge is 0.0170 e. The highest BCUT2D eigenvalue weighted by molar-refractivity contribution is 5.14. The third-order valence-electron chi connectivity index (χ3n) is 4.57. The molecular weight excluding hydrogens is 244 g/mol. The average molecular weight is 274 g/mol. The lowest BCUT2D eigenvalue weighted by atomic mass is 9.85. The molecule has 1 unspecified atom stereocenters. The topological polar surface area (TPSA) is 29.3 Å². The Morgan fingerprint density at radius 2 is 1.90 bits per heavy atom. The summed E-state index contributed by atoms with van der Waals surface area (Å²) >= 11 is 0. The van der Waals surface area contributed by atoms with Crippen LogP contribution >= 0.6 is 0 Å². The molecule has 1 aromatic carbocycles. The molecule has 0 bridgehead atoms. The predicted molar refractivity (Wildman–Crippen MR) is 86.8 cm³/mol. The van der Waals surface area contributed by atoms with Gasteiger partial charge >= 0.3 is 0 Å². The van der Waals surface area contributed by atoms with E-state index in [-0.39, 0.29) is 0 Å². The van der Waals surface area contributed by atoms with E-state index < -0.39 is 0 Å². The predicted octanol–water partition coefficient (Wildman–Crippen LogP) is 3.46. The summed E-state index contributed by atoms with van der Waals surface area (Å²) in [6.45, 7) is 8.29. The lowest BCUT2D eigenvalue weighted by Crippen LogP contribution is -2.38. The molecule has 112 valence electrons. The molecule has 20 heavy (non-hydrogen) atoms. The van der Waals surface area contributed by atoms with Gasteiger partial charge in [0.1, 0.15) is 0 Å². The first kappa shape index (κ1) is 15.5. The zero-order valence-electron chi connectivity index (χ0n) is 13.1. The number of rotatable bonds is 5. The molecule has 1 saturated heterocycles. The first-order chi connectivity index (χ1) is 9.55. The van der Waals surface area contributed by atoms with E-state index in [4.69, 9.17) is 5.73 Å². The first-order valence-electron chi connectivity index (χ1n) is 8.07. The van der Waals surface area contributed by atoms with Crippen LogP contribution in [0.2, 0.25) is 0 Å². The molecule has 0 amide bonds. The van der Waals surface area contributed by atoms with Gasteiger partial charge in [0.2, 0.25) is 0 Å². The van der Waals surface area contributed by atoms with Crippen LogP contribution in [0.1, 0.15) is 45.1 Å². The first-order valence-corrected chi connectivity index (χ1v) is 8.07. The Hall–Kier alpha value is -0.860. The van der Waals surface area contributed by atoms with Gasteiger partial charge in [-0.05, 0) is 56.2 Å². The monoisotopic (exact) mass is 274 g/mol. The zero-order valence-corrected chi connectivity index (χ0v) is 13.1. The highest BCUT2D eigenvalue weighted by Gasteiger charge is 2.23. The van der Waals surface area contributed by atoms with Crippen molar-refractivity contribution in [2.75, 3.05) is 19.6 Å². The van der Waals surface area contributed by atoms with Gasteiger partial charge in [-0.15, -0.1) is 0 Å². The van der Waals surface area contributed by atoms with Crippen molar-refractivity contribution < 1.29 is 0 Å². The number of aryl methyl sites for hydroxylation is 1. The van der Waals surface area contributed by atoms with Crippen LogP contribution < -0.4 is 5.73 Å². The maximum Gasteiger partial charge on any atom is 0.0170 e. The molecule has 1 aliphatic heterocycles. The Bertz CT molecular complexity index is 386. The Morgan fingerprint density at radius 3 is 2.65 bits per heavy atom. The minimum atomic E-state index is 0.302. The van der Waals surface area contributed by atoms with Crippen molar-refractivity contribution in [3.8, 4) is 0 Å². The molecule has 2 nitrogen and oxygen atoms in total. The summed E-state index contributed by atoms with van der Waals surface area (Å²) in [5, 5.41) is 0. The summed E-state index contributed by atoms with van der Waals surface area (Å²) in [5.41, 5.74) is 8.25. The second-order valence-corrected chi connectivity index (χ2v) is 7.10. The van der Waals surface area contributed by atoms with E-state index in [0.717, 1.165) is 19.4 Å². The fourth-order valence-corrected chi connectivity index (χ4v) is 3.08. The van der Waals surface area contributed by atoms with E-state index in [0.29, 0.717) is 11.5 Å². The van der Waals surface area contributed by atoms with Crippen molar-refractivity contribution >= 4 is 0 Å². The summed E-state index contributed by atoms with van der Waals surface area (Å²) in [5.74, 6) is 0. The number of likely N-dealkylation sites (tertiary alicyclic amines) is 1. The van der Waals surface area contributed by atoms with Gasteiger partial charge in [0, 0.05) is 12.6 Å². The van der Waals surface area contributed by atoms with Gasteiger partial charge in [-0.2, -0.15) is 0 Å². The van der Waals surface area contributed by atoms with Crippen LogP contribution in [0.15, 0.2) is 30.3 Å². The molecular formula is C18H30N2. The van der Waals surface area contributed by atoms with E-state index in [1.54, 1.807) is 0 Å². The summed E-state index contributed by atoms with van der Waals surface area (Å²) in [6.07, 6.45) is 6.16. The molecule has 2 rings (SSSR count). The van der Waals surface area contributed by atoms with Gasteiger partial charge in [-0.1, -0.05) is 44.2 Å². The van der Waals surface area contributed by atoms with Crippen LogP contribution in [-0.4, -0.2) is 30.6 Å². The molecule has 0 saturated carbocycles. The lowest BCUT2D eigenvalue weighted by Gasteiger charge is -2.25. The molecule has 0 aliphatic carbocycles. The molecule has 0 aromatic heterocycles. The van der Waals surface area contributed by atoms with Gasteiger partial charge in [-0.3, -0.25) is 0 Å². The van der Waals surface area contributed by atoms with Gasteiger partial charge in [0.25, 0.3) is 0 Å². The standard InChI is InChI=1S/C18H30N2/c1-18(2)11-6-13-20(14-12-18)15-17(19)10-9-16-7-4-3-5-8-16/h3-5,7-8,17H,6,9-15,19H2,1-2H3. The Kier molecular flexibility index (Phi) is 5.62. The minimum Gasteiger partial charge on any atom is -0.327 e. The number of hydrogen-bond acceptors (Lipinski definition) is 2. The van der Waals surface area contributed by atoms with E-state index in [2.05, 4.69) is 49.1 Å². The van der Waals surface area contributed by atoms with Crippen molar-refractivity contribution in [1.82, 2.24) is 4.90 Å². The van der Waals surface area contributed by atoms with Crippen molar-refractivity contribution in [2.45, 2.75) is 52.0 Å². The van der Waals surface area contributed by atoms with Gasteiger partial charge in [0.05, 0.1) is 0 Å². The van der Waals surface area contributed by atoms with E-state index >= 15 is 0 Å². The third kappa shape index (κ3) is 5.26. The Labute approximate surface area is 124 Å². The maximum atomic E-state index is 6.33. The number of hydrogen-bond donors (Lipinski definition) is 1. The largest absolute Gasteiger partial charge is 0.327 e. The summed E-state index contributed by atoms with van der Waals surface area (Å²) in [4.78, 5) is 2.57. The molecule has 2 heteroatoms. The third-order valence-corrected chi connectivity index (χ3v) is 4.57. The van der Waals surface area contributed by atoms with E-state index in [1.807, 2.05) is 0 Å². The molecule has 0 spiro atoms. The molecule has 1 atom stereocenters.